The first-order valence-electron chi connectivity index (χ1n) is 17.5. The zero-order valence-corrected chi connectivity index (χ0v) is 37.3. The summed E-state index contributed by atoms with van der Waals surface area (Å²) >= 11 is 0. The molecule has 3 unspecified atom stereocenters. The summed E-state index contributed by atoms with van der Waals surface area (Å²) in [4.78, 5) is 10.5. The van der Waals surface area contributed by atoms with E-state index in [-0.39, 0.29) is 37.3 Å². The van der Waals surface area contributed by atoms with Crippen molar-refractivity contribution >= 4 is 44.4 Å². The summed E-state index contributed by atoms with van der Waals surface area (Å²) < 4.78 is 32.8. The summed E-state index contributed by atoms with van der Waals surface area (Å²) in [7, 11) is -2.22. The van der Waals surface area contributed by atoms with Gasteiger partial charge in [-0.05, 0) is 84.9 Å². The summed E-state index contributed by atoms with van der Waals surface area (Å²) in [5.41, 5.74) is 0.468. The highest BCUT2D eigenvalue weighted by atomic mass is 28.3. The number of carbonyl (C=O) groups is 1. The molecule has 290 valence electrons. The van der Waals surface area contributed by atoms with Crippen LogP contribution in [0.5, 0.6) is 0 Å². The zero-order valence-electron chi connectivity index (χ0n) is 34.3. The van der Waals surface area contributed by atoms with E-state index in [0.29, 0.717) is 6.61 Å². The number of ether oxygens (including phenoxy) is 2. The van der Waals surface area contributed by atoms with Crippen LogP contribution >= 0.6 is 0 Å². The fourth-order valence-corrected chi connectivity index (χ4v) is 8.93. The highest BCUT2D eigenvalue weighted by molar-refractivity contribution is 7.11. The maximum absolute atomic E-state index is 10.5. The fourth-order valence-electron chi connectivity index (χ4n) is 4.56. The average Bonchev–Trinajstić information content (AvgIpc) is 3.52. The van der Waals surface area contributed by atoms with Gasteiger partial charge >= 0.3 is 20.2 Å². The second-order valence-corrected chi connectivity index (χ2v) is 35.5. The molecule has 2 aliphatic heterocycles. The lowest BCUT2D eigenvalue weighted by molar-refractivity contribution is 0.00578. The Labute approximate surface area is 309 Å². The monoisotopic (exact) mass is 745 g/mol. The number of rotatable bonds is 8. The smallest absolute Gasteiger partial charge is 0.438 e. The molecule has 0 radical (unpaired) electrons. The van der Waals surface area contributed by atoms with Gasteiger partial charge in [0.1, 0.15) is 6.61 Å². The minimum atomic E-state index is -1.00. The van der Waals surface area contributed by atoms with Gasteiger partial charge in [0, 0.05) is 16.1 Å². The quantitative estimate of drug-likeness (QED) is 0.139. The van der Waals surface area contributed by atoms with Crippen molar-refractivity contribution in [2.75, 3.05) is 13.7 Å². The first kappa shape index (κ1) is 52.7. The second kappa shape index (κ2) is 20.0. The lowest BCUT2D eigenvalue weighted by atomic mass is 9.49. The predicted molar refractivity (Wildman–Crippen MR) is 225 cm³/mol. The molecule has 7 nitrogen and oxygen atoms in total. The molecule has 0 aromatic carbocycles. The Balaban J connectivity index is -0.000000604. The molecular weight excluding hydrogens is 662 g/mol. The van der Waals surface area contributed by atoms with Gasteiger partial charge in [-0.25, -0.2) is 4.79 Å². The van der Waals surface area contributed by atoms with E-state index in [4.69, 9.17) is 18.6 Å². The maximum Gasteiger partial charge on any atom is 0.508 e. The minimum absolute atomic E-state index is 0. The molecule has 0 aromatic heterocycles. The molecule has 0 N–H and O–H groups in total. The molecule has 0 amide bonds. The topological polar surface area (TPSA) is 72.5 Å². The summed E-state index contributed by atoms with van der Waals surface area (Å²) in [6, 6.07) is 1.11. The van der Waals surface area contributed by atoms with Crippen LogP contribution in [-0.4, -0.2) is 80.5 Å². The van der Waals surface area contributed by atoms with E-state index < -0.39 is 44.4 Å². The van der Waals surface area contributed by atoms with Crippen molar-refractivity contribution in [1.29, 1.82) is 0 Å². The van der Waals surface area contributed by atoms with Crippen molar-refractivity contribution in [3.05, 3.63) is 24.8 Å². The molecule has 12 heteroatoms. The minimum Gasteiger partial charge on any atom is -0.438 e. The first-order chi connectivity index (χ1) is 20.8. The van der Waals surface area contributed by atoms with Crippen LogP contribution in [0, 0.1) is 5.92 Å². The Morgan fingerprint density at radius 1 is 0.796 bits per heavy atom. The number of methoxy groups -OCH3 is 1. The first-order valence-corrected chi connectivity index (χ1v) is 28.4. The van der Waals surface area contributed by atoms with Gasteiger partial charge in [0.15, 0.2) is 0 Å². The van der Waals surface area contributed by atoms with Crippen LogP contribution in [0.4, 0.5) is 4.79 Å². The van der Waals surface area contributed by atoms with E-state index >= 15 is 0 Å². The Hall–Kier alpha value is -0.629. The normalized spacial score (nSPS) is 23.5. The number of hydrogen-bond donors (Lipinski definition) is 0. The van der Waals surface area contributed by atoms with Crippen LogP contribution in [0.1, 0.15) is 90.5 Å². The SMILES string of the molecule is C.C.C=CC(C)[Si](C)(C)C.CC1(C)OB(B2OC(C)(C)C(C)(C)O2)OC1(C)C.CC1CC1[Si](C)(C)C.COC(=O)OC/C=C\C[Si](C)(C)C. The fraction of sp³-hybridized carbons (Fsp3) is 0.865. The molecule has 3 fully saturated rings. The third kappa shape index (κ3) is 18.6. The highest BCUT2D eigenvalue weighted by Gasteiger charge is 2.63. The number of allylic oxidation sites excluding steroid dienone is 2. The third-order valence-corrected chi connectivity index (χ3v) is 17.5. The van der Waals surface area contributed by atoms with Crippen molar-refractivity contribution < 1.29 is 32.9 Å². The van der Waals surface area contributed by atoms with Crippen LogP contribution in [0.25, 0.3) is 0 Å². The molecule has 3 atom stereocenters. The predicted octanol–water partition coefficient (Wildman–Crippen LogP) is 11.8. The highest BCUT2D eigenvalue weighted by Crippen LogP contribution is 2.51. The van der Waals surface area contributed by atoms with Crippen molar-refractivity contribution in [2.24, 2.45) is 5.92 Å². The van der Waals surface area contributed by atoms with Gasteiger partial charge < -0.3 is 28.1 Å². The maximum atomic E-state index is 10.5. The Morgan fingerprint density at radius 3 is 1.33 bits per heavy atom. The molecule has 2 saturated heterocycles. The summed E-state index contributed by atoms with van der Waals surface area (Å²) in [5.74, 6) is 1.07. The molecule has 0 spiro atoms. The van der Waals surface area contributed by atoms with Gasteiger partial charge in [0.25, 0.3) is 0 Å². The van der Waals surface area contributed by atoms with E-state index in [1.807, 2.05) is 61.5 Å². The van der Waals surface area contributed by atoms with Gasteiger partial charge in [-0.3, -0.25) is 0 Å². The van der Waals surface area contributed by atoms with E-state index in [9.17, 15) is 4.79 Å². The largest absolute Gasteiger partial charge is 0.508 e. The van der Waals surface area contributed by atoms with Gasteiger partial charge in [-0.2, -0.15) is 0 Å². The van der Waals surface area contributed by atoms with E-state index in [1.165, 1.54) is 13.5 Å². The molecule has 1 aliphatic carbocycles. The summed E-state index contributed by atoms with van der Waals surface area (Å²) in [6.07, 6.45) is 6.88. The Morgan fingerprint density at radius 2 is 1.14 bits per heavy atom. The van der Waals surface area contributed by atoms with Gasteiger partial charge in [-0.15, -0.1) is 6.58 Å². The van der Waals surface area contributed by atoms with Gasteiger partial charge in [0.05, 0.1) is 37.6 Å². The Bertz CT molecular complexity index is 947. The average molecular weight is 745 g/mol. The molecular formula is C37H82B2O7Si3. The van der Waals surface area contributed by atoms with Gasteiger partial charge in [-0.1, -0.05) is 106 Å². The molecule has 0 aromatic rings. The van der Waals surface area contributed by atoms with Crippen LogP contribution in [0.3, 0.4) is 0 Å². The van der Waals surface area contributed by atoms with Crippen LogP contribution in [0.15, 0.2) is 24.8 Å². The van der Waals surface area contributed by atoms with Crippen molar-refractivity contribution in [3.8, 4) is 0 Å². The van der Waals surface area contributed by atoms with E-state index in [2.05, 4.69) is 101 Å². The number of hydrogen-bond acceptors (Lipinski definition) is 7. The Kier molecular flexibility index (Phi) is 21.5. The molecule has 49 heavy (non-hydrogen) atoms. The van der Waals surface area contributed by atoms with E-state index in [0.717, 1.165) is 23.0 Å². The molecule has 2 heterocycles. The van der Waals surface area contributed by atoms with Crippen LogP contribution in [-0.2, 0) is 28.1 Å². The third-order valence-electron chi connectivity index (χ3n) is 10.1. The second-order valence-electron chi connectivity index (χ2n) is 18.8. The zero-order chi connectivity index (χ0) is 37.4. The molecule has 3 aliphatic rings. The summed E-state index contributed by atoms with van der Waals surface area (Å²) in [6.45, 7) is 46.3. The van der Waals surface area contributed by atoms with Crippen LogP contribution < -0.4 is 0 Å². The lowest BCUT2D eigenvalue weighted by Gasteiger charge is -2.32. The standard InChI is InChI=1S/C12H24B2O4.C9H18O3Si.2C7H16Si.2CH4/c1-9(2)10(3,4)16-13(15-9)14-17-11(5,6)12(7,8)18-14;1-11-9(10)12-7-5-6-8-13(2,3)4;1-6-5-7(6)8(2,3)4;1-6-7(2)8(3,4)5;;/h1-8H3;5-6H,7-8H2,1-4H3;6-7H,5H2,1-4H3;6-7H,1H2,2-5H3;2*1H4/b;6-5-;;;;. The van der Waals surface area contributed by atoms with Crippen LogP contribution in [0.2, 0.25) is 76.0 Å². The van der Waals surface area contributed by atoms with E-state index in [1.54, 1.807) is 0 Å². The number of carbonyl (C=O) groups excluding carboxylic acids is 1. The van der Waals surface area contributed by atoms with Crippen molar-refractivity contribution in [3.63, 3.8) is 0 Å². The summed E-state index contributed by atoms with van der Waals surface area (Å²) in [5, 5.41) is 0. The molecule has 0 bridgehead atoms. The lowest BCUT2D eigenvalue weighted by Crippen LogP contribution is -2.41. The van der Waals surface area contributed by atoms with Crippen molar-refractivity contribution in [1.82, 2.24) is 0 Å². The van der Waals surface area contributed by atoms with Crippen molar-refractivity contribution in [2.45, 2.75) is 189 Å². The molecule has 3 rings (SSSR count). The van der Waals surface area contributed by atoms with Gasteiger partial charge in [0.2, 0.25) is 0 Å². The molecule has 1 saturated carbocycles.